The zero-order valence-corrected chi connectivity index (χ0v) is 20.3. The first kappa shape index (κ1) is 24.5. The Morgan fingerprint density at radius 1 is 0.857 bits per heavy atom. The zero-order chi connectivity index (χ0) is 24.6. The van der Waals surface area contributed by atoms with Crippen LogP contribution in [0.2, 0.25) is 10.0 Å². The van der Waals surface area contributed by atoms with Crippen molar-refractivity contribution < 1.29 is 14.4 Å². The average Bonchev–Trinajstić information content (AvgIpc) is 2.85. The quantitative estimate of drug-likeness (QED) is 0.257. The lowest BCUT2D eigenvalue weighted by atomic mass is 10.1. The molecule has 1 amide bonds. The van der Waals surface area contributed by atoms with Crippen LogP contribution in [0.1, 0.15) is 6.42 Å². The van der Waals surface area contributed by atoms with Gasteiger partial charge in [0, 0.05) is 32.9 Å². The highest BCUT2D eigenvalue weighted by molar-refractivity contribution is 6.30. The van der Waals surface area contributed by atoms with Crippen molar-refractivity contribution in [2.24, 2.45) is 0 Å². The van der Waals surface area contributed by atoms with Crippen LogP contribution in [-0.2, 0) is 9.63 Å². The second-order valence-electron chi connectivity index (χ2n) is 7.46. The maximum atomic E-state index is 11.5. The number of ether oxygens (including phenoxy) is 1. The van der Waals surface area contributed by atoms with Crippen LogP contribution in [0.3, 0.4) is 0 Å². The minimum atomic E-state index is -0.260. The standard InChI is InChI=1S/C26H22Cl2N4O3/c1-34-32-25(33)13-14-35-22-4-2-3-21(15-22)29-26-30-23(17-5-9-19(27)10-6-17)16-24(31-26)18-7-11-20(28)12-8-18/h2-12,15-16H,13-14H2,1H3,(H,32,33)(H,29,30,31). The van der Waals surface area contributed by atoms with Crippen LogP contribution in [0.15, 0.2) is 78.9 Å². The Kier molecular flexibility index (Phi) is 8.15. The van der Waals surface area contributed by atoms with Crippen LogP contribution in [0.25, 0.3) is 22.5 Å². The molecule has 35 heavy (non-hydrogen) atoms. The van der Waals surface area contributed by atoms with E-state index in [0.29, 0.717) is 21.7 Å². The molecule has 0 bridgehead atoms. The Hall–Kier alpha value is -3.65. The monoisotopic (exact) mass is 508 g/mol. The Morgan fingerprint density at radius 3 is 2.03 bits per heavy atom. The van der Waals surface area contributed by atoms with E-state index in [1.807, 2.05) is 78.9 Å². The third-order valence-corrected chi connectivity index (χ3v) is 5.41. The molecule has 7 nitrogen and oxygen atoms in total. The number of benzene rings is 3. The molecule has 0 spiro atoms. The number of amides is 1. The van der Waals surface area contributed by atoms with Crippen molar-refractivity contribution in [2.75, 3.05) is 19.0 Å². The summed E-state index contributed by atoms with van der Waals surface area (Å²) in [4.78, 5) is 25.5. The van der Waals surface area contributed by atoms with E-state index in [2.05, 4.69) is 15.6 Å². The fourth-order valence-electron chi connectivity index (χ4n) is 3.26. The van der Waals surface area contributed by atoms with Gasteiger partial charge in [-0.15, -0.1) is 0 Å². The molecule has 2 N–H and O–H groups in total. The topological polar surface area (TPSA) is 85.4 Å². The van der Waals surface area contributed by atoms with Crippen molar-refractivity contribution in [3.05, 3.63) is 88.9 Å². The number of hydrogen-bond acceptors (Lipinski definition) is 6. The normalized spacial score (nSPS) is 10.6. The van der Waals surface area contributed by atoms with Gasteiger partial charge in [0.1, 0.15) is 5.75 Å². The number of nitrogens with zero attached hydrogens (tertiary/aromatic N) is 2. The Bertz CT molecular complexity index is 1240. The van der Waals surface area contributed by atoms with Crippen LogP contribution in [0.4, 0.5) is 11.6 Å². The average molecular weight is 509 g/mol. The van der Waals surface area contributed by atoms with Gasteiger partial charge >= 0.3 is 0 Å². The van der Waals surface area contributed by atoms with E-state index in [1.54, 1.807) is 0 Å². The highest BCUT2D eigenvalue weighted by atomic mass is 35.5. The lowest BCUT2D eigenvalue weighted by molar-refractivity contribution is -0.131. The number of nitrogens with one attached hydrogen (secondary N) is 2. The third kappa shape index (κ3) is 6.93. The number of carbonyl (C=O) groups excluding carboxylic acids is 1. The summed E-state index contributed by atoms with van der Waals surface area (Å²) < 4.78 is 5.69. The lowest BCUT2D eigenvalue weighted by Gasteiger charge is -2.12. The number of anilines is 2. The van der Waals surface area contributed by atoms with E-state index in [1.165, 1.54) is 7.11 Å². The van der Waals surface area contributed by atoms with Crippen molar-refractivity contribution in [3.63, 3.8) is 0 Å². The van der Waals surface area contributed by atoms with E-state index in [4.69, 9.17) is 37.9 Å². The molecule has 4 rings (SSSR count). The molecule has 9 heteroatoms. The van der Waals surface area contributed by atoms with E-state index < -0.39 is 0 Å². The SMILES string of the molecule is CONC(=O)CCOc1cccc(Nc2nc(-c3ccc(Cl)cc3)cc(-c3ccc(Cl)cc3)n2)c1. The van der Waals surface area contributed by atoms with Crippen molar-refractivity contribution in [3.8, 4) is 28.3 Å². The van der Waals surface area contributed by atoms with Gasteiger partial charge in [0.2, 0.25) is 11.9 Å². The van der Waals surface area contributed by atoms with Crippen LogP contribution in [-0.4, -0.2) is 29.6 Å². The number of halogens is 2. The first-order valence-electron chi connectivity index (χ1n) is 10.7. The molecular formula is C26H22Cl2N4O3. The number of carbonyl (C=O) groups is 1. The second-order valence-corrected chi connectivity index (χ2v) is 8.33. The Labute approximate surface area is 213 Å². The predicted molar refractivity (Wildman–Crippen MR) is 138 cm³/mol. The number of hydroxylamine groups is 1. The molecule has 0 aliphatic heterocycles. The molecule has 0 saturated heterocycles. The summed E-state index contributed by atoms with van der Waals surface area (Å²) in [5, 5.41) is 4.55. The highest BCUT2D eigenvalue weighted by Crippen LogP contribution is 2.28. The lowest BCUT2D eigenvalue weighted by Crippen LogP contribution is -2.23. The summed E-state index contributed by atoms with van der Waals surface area (Å²) in [6.45, 7) is 0.210. The highest BCUT2D eigenvalue weighted by Gasteiger charge is 2.10. The molecule has 0 aliphatic rings. The summed E-state index contributed by atoms with van der Waals surface area (Å²) in [7, 11) is 1.39. The molecule has 3 aromatic carbocycles. The molecule has 0 fully saturated rings. The van der Waals surface area contributed by atoms with Gasteiger partial charge in [0.05, 0.1) is 31.5 Å². The number of aromatic nitrogens is 2. The van der Waals surface area contributed by atoms with E-state index in [-0.39, 0.29) is 18.9 Å². The maximum Gasteiger partial charge on any atom is 0.246 e. The summed E-state index contributed by atoms with van der Waals surface area (Å²) in [5.41, 5.74) is 6.27. The molecule has 4 aromatic rings. The number of rotatable bonds is 9. The van der Waals surface area contributed by atoms with Gasteiger partial charge in [-0.25, -0.2) is 15.4 Å². The first-order valence-corrected chi connectivity index (χ1v) is 11.5. The predicted octanol–water partition coefficient (Wildman–Crippen LogP) is 6.31. The maximum absolute atomic E-state index is 11.5. The zero-order valence-electron chi connectivity index (χ0n) is 18.8. The summed E-state index contributed by atoms with van der Waals surface area (Å²) in [6.07, 6.45) is 0.169. The molecule has 0 atom stereocenters. The molecular weight excluding hydrogens is 487 g/mol. The van der Waals surface area contributed by atoms with Crippen molar-refractivity contribution in [1.29, 1.82) is 0 Å². The first-order chi connectivity index (χ1) is 17.0. The smallest absolute Gasteiger partial charge is 0.246 e. The second kappa shape index (κ2) is 11.7. The molecule has 1 aromatic heterocycles. The minimum Gasteiger partial charge on any atom is -0.493 e. The molecule has 1 heterocycles. The van der Waals surface area contributed by atoms with Gasteiger partial charge < -0.3 is 10.1 Å². The van der Waals surface area contributed by atoms with Crippen molar-refractivity contribution in [1.82, 2.24) is 15.4 Å². The largest absolute Gasteiger partial charge is 0.493 e. The minimum absolute atomic E-state index is 0.169. The van der Waals surface area contributed by atoms with Gasteiger partial charge in [0.15, 0.2) is 0 Å². The van der Waals surface area contributed by atoms with Gasteiger partial charge in [-0.3, -0.25) is 9.63 Å². The molecule has 0 unspecified atom stereocenters. The molecule has 0 radical (unpaired) electrons. The number of hydrogen-bond donors (Lipinski definition) is 2. The van der Waals surface area contributed by atoms with Gasteiger partial charge in [-0.1, -0.05) is 53.5 Å². The van der Waals surface area contributed by atoms with Gasteiger partial charge in [0.25, 0.3) is 0 Å². The Balaban J connectivity index is 1.59. The molecule has 178 valence electrons. The fraction of sp³-hybridized carbons (Fsp3) is 0.115. The van der Waals surface area contributed by atoms with Crippen LogP contribution >= 0.6 is 23.2 Å². The molecule has 0 aliphatic carbocycles. The van der Waals surface area contributed by atoms with Crippen LogP contribution in [0.5, 0.6) is 5.75 Å². The van der Waals surface area contributed by atoms with Gasteiger partial charge in [-0.2, -0.15) is 0 Å². The fourth-order valence-corrected chi connectivity index (χ4v) is 3.51. The molecule has 0 saturated carbocycles. The summed E-state index contributed by atoms with van der Waals surface area (Å²) in [5.74, 6) is 0.759. The third-order valence-electron chi connectivity index (χ3n) is 4.91. The van der Waals surface area contributed by atoms with E-state index in [0.717, 1.165) is 28.2 Å². The Morgan fingerprint density at radius 2 is 1.46 bits per heavy atom. The van der Waals surface area contributed by atoms with Crippen LogP contribution in [0, 0.1) is 0 Å². The summed E-state index contributed by atoms with van der Waals surface area (Å²) in [6, 6.07) is 24.2. The van der Waals surface area contributed by atoms with Crippen LogP contribution < -0.4 is 15.5 Å². The van der Waals surface area contributed by atoms with E-state index in [9.17, 15) is 4.79 Å². The van der Waals surface area contributed by atoms with E-state index >= 15 is 0 Å². The van der Waals surface area contributed by atoms with Crippen molar-refractivity contribution in [2.45, 2.75) is 6.42 Å². The summed E-state index contributed by atoms with van der Waals surface area (Å²) >= 11 is 12.1. The van der Waals surface area contributed by atoms with Crippen molar-refractivity contribution >= 4 is 40.7 Å². The van der Waals surface area contributed by atoms with Gasteiger partial charge in [-0.05, 0) is 42.5 Å².